The van der Waals surface area contributed by atoms with Crippen LogP contribution < -0.4 is 5.73 Å². The van der Waals surface area contributed by atoms with E-state index < -0.39 is 0 Å². The van der Waals surface area contributed by atoms with E-state index >= 15 is 0 Å². The van der Waals surface area contributed by atoms with E-state index in [0.717, 1.165) is 18.7 Å². The fourth-order valence-electron chi connectivity index (χ4n) is 1.45. The van der Waals surface area contributed by atoms with Crippen molar-refractivity contribution in [1.82, 2.24) is 14.8 Å². The van der Waals surface area contributed by atoms with Gasteiger partial charge >= 0.3 is 0 Å². The molecule has 0 spiro atoms. The standard InChI is InChI=1S/C9H16N4/c1-2-7(10)5-9-12-11-6-13(9)8-3-4-8/h6-8H,2-5,10H2,1H3. The summed E-state index contributed by atoms with van der Waals surface area (Å²) in [6.45, 7) is 2.10. The van der Waals surface area contributed by atoms with Crippen molar-refractivity contribution < 1.29 is 0 Å². The molecule has 0 aromatic carbocycles. The van der Waals surface area contributed by atoms with Crippen LogP contribution in [-0.4, -0.2) is 20.8 Å². The van der Waals surface area contributed by atoms with Crippen LogP contribution in [0.15, 0.2) is 6.33 Å². The van der Waals surface area contributed by atoms with Gasteiger partial charge in [-0.1, -0.05) is 6.92 Å². The second-order valence-electron chi connectivity index (χ2n) is 3.76. The van der Waals surface area contributed by atoms with E-state index in [1.54, 1.807) is 0 Å². The highest BCUT2D eigenvalue weighted by atomic mass is 15.3. The van der Waals surface area contributed by atoms with E-state index in [-0.39, 0.29) is 6.04 Å². The third-order valence-electron chi connectivity index (χ3n) is 2.56. The van der Waals surface area contributed by atoms with Gasteiger partial charge in [-0.2, -0.15) is 0 Å². The van der Waals surface area contributed by atoms with Gasteiger partial charge in [-0.25, -0.2) is 0 Å². The minimum atomic E-state index is 0.224. The van der Waals surface area contributed by atoms with Gasteiger partial charge in [0.05, 0.1) is 0 Å². The number of hydrogen-bond donors (Lipinski definition) is 1. The lowest BCUT2D eigenvalue weighted by molar-refractivity contribution is 0.586. The molecule has 13 heavy (non-hydrogen) atoms. The molecular weight excluding hydrogens is 164 g/mol. The predicted octanol–water partition coefficient (Wildman–Crippen LogP) is 0.893. The van der Waals surface area contributed by atoms with Crippen LogP contribution in [0.3, 0.4) is 0 Å². The number of aromatic nitrogens is 3. The molecule has 1 unspecified atom stereocenters. The molecule has 2 N–H and O–H groups in total. The third-order valence-corrected chi connectivity index (χ3v) is 2.56. The van der Waals surface area contributed by atoms with Crippen LogP contribution in [0, 0.1) is 0 Å². The highest BCUT2D eigenvalue weighted by Gasteiger charge is 2.26. The third kappa shape index (κ3) is 1.88. The van der Waals surface area contributed by atoms with E-state index in [2.05, 4.69) is 21.7 Å². The van der Waals surface area contributed by atoms with E-state index in [1.807, 2.05) is 6.33 Å². The van der Waals surface area contributed by atoms with Gasteiger partial charge in [0.2, 0.25) is 0 Å². The van der Waals surface area contributed by atoms with Crippen molar-refractivity contribution in [3.8, 4) is 0 Å². The predicted molar refractivity (Wildman–Crippen MR) is 50.3 cm³/mol. The zero-order chi connectivity index (χ0) is 9.26. The normalized spacial score (nSPS) is 18.9. The average Bonchev–Trinajstić information content (AvgIpc) is 2.88. The molecule has 0 bridgehead atoms. The van der Waals surface area contributed by atoms with Gasteiger partial charge < -0.3 is 10.3 Å². The van der Waals surface area contributed by atoms with Crippen LogP contribution in [0.1, 0.15) is 38.1 Å². The maximum Gasteiger partial charge on any atom is 0.134 e. The molecule has 0 saturated heterocycles. The molecule has 1 heterocycles. The van der Waals surface area contributed by atoms with Crippen molar-refractivity contribution in [3.05, 3.63) is 12.2 Å². The number of rotatable bonds is 4. The maximum atomic E-state index is 5.87. The molecule has 1 aromatic rings. The summed E-state index contributed by atoms with van der Waals surface area (Å²) >= 11 is 0. The highest BCUT2D eigenvalue weighted by Crippen LogP contribution is 2.35. The summed E-state index contributed by atoms with van der Waals surface area (Å²) < 4.78 is 2.18. The summed E-state index contributed by atoms with van der Waals surface area (Å²) in [5.74, 6) is 1.05. The molecule has 1 aliphatic rings. The number of nitrogens with zero attached hydrogens (tertiary/aromatic N) is 3. The quantitative estimate of drug-likeness (QED) is 0.748. The van der Waals surface area contributed by atoms with Crippen molar-refractivity contribution in [2.24, 2.45) is 5.73 Å². The molecule has 1 aromatic heterocycles. The molecule has 4 nitrogen and oxygen atoms in total. The first-order valence-corrected chi connectivity index (χ1v) is 4.95. The zero-order valence-electron chi connectivity index (χ0n) is 7.98. The van der Waals surface area contributed by atoms with Crippen molar-refractivity contribution in [2.75, 3.05) is 0 Å². The molecule has 1 fully saturated rings. The highest BCUT2D eigenvalue weighted by molar-refractivity contribution is 4.96. The first kappa shape index (κ1) is 8.69. The lowest BCUT2D eigenvalue weighted by atomic mass is 10.1. The Hall–Kier alpha value is -0.900. The Balaban J connectivity index is 2.05. The minimum absolute atomic E-state index is 0.224. The van der Waals surface area contributed by atoms with Crippen molar-refractivity contribution >= 4 is 0 Å². The first-order valence-electron chi connectivity index (χ1n) is 4.95. The average molecular weight is 180 g/mol. The zero-order valence-corrected chi connectivity index (χ0v) is 7.98. The Morgan fingerprint density at radius 3 is 3.08 bits per heavy atom. The van der Waals surface area contributed by atoms with E-state index in [0.29, 0.717) is 6.04 Å². The lowest BCUT2D eigenvalue weighted by Gasteiger charge is -2.08. The van der Waals surface area contributed by atoms with Gasteiger partial charge in [0.1, 0.15) is 12.2 Å². The van der Waals surface area contributed by atoms with Gasteiger partial charge in [-0.05, 0) is 19.3 Å². The van der Waals surface area contributed by atoms with E-state index in [4.69, 9.17) is 5.73 Å². The summed E-state index contributed by atoms with van der Waals surface area (Å²) in [5, 5.41) is 8.03. The molecule has 1 aliphatic carbocycles. The number of nitrogens with two attached hydrogens (primary N) is 1. The van der Waals surface area contributed by atoms with Gasteiger partial charge in [-0.3, -0.25) is 0 Å². The summed E-state index contributed by atoms with van der Waals surface area (Å²) in [5.41, 5.74) is 5.87. The monoisotopic (exact) mass is 180 g/mol. The molecular formula is C9H16N4. The van der Waals surface area contributed by atoms with Crippen molar-refractivity contribution in [3.63, 3.8) is 0 Å². The van der Waals surface area contributed by atoms with Crippen molar-refractivity contribution in [2.45, 2.75) is 44.7 Å². The Bertz CT molecular complexity index is 277. The van der Waals surface area contributed by atoms with E-state index in [1.165, 1.54) is 12.8 Å². The fraction of sp³-hybridized carbons (Fsp3) is 0.778. The Labute approximate surface area is 78.1 Å². The smallest absolute Gasteiger partial charge is 0.134 e. The number of hydrogen-bond acceptors (Lipinski definition) is 3. The van der Waals surface area contributed by atoms with Crippen LogP contribution in [0.2, 0.25) is 0 Å². The van der Waals surface area contributed by atoms with Crippen LogP contribution in [0.4, 0.5) is 0 Å². The largest absolute Gasteiger partial charge is 0.327 e. The second-order valence-corrected chi connectivity index (χ2v) is 3.76. The van der Waals surface area contributed by atoms with Crippen LogP contribution in [-0.2, 0) is 6.42 Å². The Kier molecular flexibility index (Phi) is 2.31. The summed E-state index contributed by atoms with van der Waals surface area (Å²) in [4.78, 5) is 0. The van der Waals surface area contributed by atoms with Crippen LogP contribution >= 0.6 is 0 Å². The van der Waals surface area contributed by atoms with Gasteiger partial charge in [0, 0.05) is 18.5 Å². The lowest BCUT2D eigenvalue weighted by Crippen LogP contribution is -2.23. The molecule has 1 saturated carbocycles. The first-order chi connectivity index (χ1) is 6.31. The van der Waals surface area contributed by atoms with Gasteiger partial charge in [0.15, 0.2) is 0 Å². The SMILES string of the molecule is CCC(N)Cc1nncn1C1CC1. The summed E-state index contributed by atoms with van der Waals surface area (Å²) in [6.07, 6.45) is 6.22. The molecule has 72 valence electrons. The maximum absolute atomic E-state index is 5.87. The molecule has 4 heteroatoms. The van der Waals surface area contributed by atoms with Gasteiger partial charge in [0.25, 0.3) is 0 Å². The van der Waals surface area contributed by atoms with Gasteiger partial charge in [-0.15, -0.1) is 10.2 Å². The van der Waals surface area contributed by atoms with Crippen LogP contribution in [0.25, 0.3) is 0 Å². The van der Waals surface area contributed by atoms with Crippen LogP contribution in [0.5, 0.6) is 0 Å². The summed E-state index contributed by atoms with van der Waals surface area (Å²) in [7, 11) is 0. The molecule has 1 atom stereocenters. The minimum Gasteiger partial charge on any atom is -0.327 e. The Morgan fingerprint density at radius 1 is 1.69 bits per heavy atom. The Morgan fingerprint density at radius 2 is 2.46 bits per heavy atom. The molecule has 2 rings (SSSR count). The molecule has 0 aliphatic heterocycles. The van der Waals surface area contributed by atoms with E-state index in [9.17, 15) is 0 Å². The molecule has 0 radical (unpaired) electrons. The fourth-order valence-corrected chi connectivity index (χ4v) is 1.45. The molecule has 0 amide bonds. The summed E-state index contributed by atoms with van der Waals surface area (Å²) in [6, 6.07) is 0.885. The second kappa shape index (κ2) is 3.46. The topological polar surface area (TPSA) is 56.7 Å². The van der Waals surface area contributed by atoms with Crippen molar-refractivity contribution in [1.29, 1.82) is 0 Å².